The number of likely N-dealkylation sites (tertiary alicyclic amines) is 2. The van der Waals surface area contributed by atoms with Crippen LogP contribution in [0.2, 0.25) is 0 Å². The van der Waals surface area contributed by atoms with E-state index in [0.717, 1.165) is 42.9 Å². The maximum absolute atomic E-state index is 12.8. The molecule has 2 aliphatic carbocycles. The summed E-state index contributed by atoms with van der Waals surface area (Å²) < 4.78 is 11.8. The predicted octanol–water partition coefficient (Wildman–Crippen LogP) is 3.10. The number of nitrogens with two attached hydrogens (primary N) is 1. The number of piperidine rings is 1. The fraction of sp³-hybridized carbons (Fsp3) is 0.579. The van der Waals surface area contributed by atoms with Crippen LogP contribution in [0.15, 0.2) is 42.5 Å². The SMILES string of the molecule is CC[C@H](C)[C@H](NC(=O)[C@@H]1CCCN1C(=O)[C@@H](N)Cc1ccccc1)C(=O)O.COc1ccc2c3c1O[C@H]1C(=O)CC[C@H]4[C@@H](C2)N(C)CC[C@]314. The van der Waals surface area contributed by atoms with E-state index in [0.29, 0.717) is 50.6 Å². The molecule has 1 saturated carbocycles. The van der Waals surface area contributed by atoms with E-state index in [1.165, 1.54) is 16.0 Å². The lowest BCUT2D eigenvalue weighted by molar-refractivity contribution is -0.145. The van der Waals surface area contributed by atoms with Gasteiger partial charge in [0.15, 0.2) is 23.4 Å². The number of ether oxygens (including phenoxy) is 2. The molecule has 3 heterocycles. The summed E-state index contributed by atoms with van der Waals surface area (Å²) in [6, 6.07) is 11.9. The van der Waals surface area contributed by atoms with E-state index in [-0.39, 0.29) is 29.1 Å². The van der Waals surface area contributed by atoms with Crippen molar-refractivity contribution in [3.63, 3.8) is 0 Å². The number of hydrogen-bond acceptors (Lipinski definition) is 8. The molecule has 2 aromatic carbocycles. The molecule has 8 atom stereocenters. The second-order valence-electron chi connectivity index (χ2n) is 14.5. The van der Waals surface area contributed by atoms with Gasteiger partial charge in [-0.2, -0.15) is 0 Å². The molecule has 11 nitrogen and oxygen atoms in total. The number of aliphatic carboxylic acids is 1. The van der Waals surface area contributed by atoms with Crippen molar-refractivity contribution in [1.29, 1.82) is 0 Å². The zero-order valence-corrected chi connectivity index (χ0v) is 29.0. The lowest BCUT2D eigenvalue weighted by atomic mass is 9.52. The number of hydrogen-bond donors (Lipinski definition) is 3. The molecule has 11 heteroatoms. The Hall–Kier alpha value is -3.96. The molecule has 7 rings (SSSR count). The molecule has 264 valence electrons. The van der Waals surface area contributed by atoms with Crippen molar-refractivity contribution < 1.29 is 33.8 Å². The molecular weight excluding hydrogens is 624 g/mol. The van der Waals surface area contributed by atoms with E-state index in [2.05, 4.69) is 23.3 Å². The van der Waals surface area contributed by atoms with Gasteiger partial charge in [-0.1, -0.05) is 56.7 Å². The topological polar surface area (TPSA) is 152 Å². The highest BCUT2D eigenvalue weighted by Crippen LogP contribution is 2.63. The summed E-state index contributed by atoms with van der Waals surface area (Å²) in [7, 11) is 3.91. The highest BCUT2D eigenvalue weighted by atomic mass is 16.5. The van der Waals surface area contributed by atoms with Crippen LogP contribution in [0, 0.1) is 11.8 Å². The number of carboxylic acid groups (broad SMARTS) is 1. The molecule has 0 aromatic heterocycles. The van der Waals surface area contributed by atoms with Gasteiger partial charge in [-0.05, 0) is 81.1 Å². The first-order chi connectivity index (χ1) is 23.5. The van der Waals surface area contributed by atoms with Crippen LogP contribution in [0.5, 0.6) is 11.5 Å². The zero-order valence-electron chi connectivity index (χ0n) is 29.0. The van der Waals surface area contributed by atoms with Gasteiger partial charge < -0.3 is 35.4 Å². The van der Waals surface area contributed by atoms with E-state index in [1.807, 2.05) is 43.3 Å². The summed E-state index contributed by atoms with van der Waals surface area (Å²) in [6.45, 7) is 5.16. The van der Waals surface area contributed by atoms with Gasteiger partial charge in [0.05, 0.1) is 13.2 Å². The second-order valence-corrected chi connectivity index (χ2v) is 14.5. The van der Waals surface area contributed by atoms with Gasteiger partial charge in [0, 0.05) is 30.0 Å². The number of carbonyl (C=O) groups is 4. The Morgan fingerprint density at radius 2 is 1.90 bits per heavy atom. The molecule has 3 fully saturated rings. The van der Waals surface area contributed by atoms with E-state index in [4.69, 9.17) is 15.2 Å². The van der Waals surface area contributed by atoms with E-state index in [1.54, 1.807) is 14.0 Å². The summed E-state index contributed by atoms with van der Waals surface area (Å²) in [4.78, 5) is 53.5. The molecule has 1 spiro atoms. The number of nitrogens with zero attached hydrogens (tertiary/aromatic N) is 2. The molecule has 0 unspecified atom stereocenters. The van der Waals surface area contributed by atoms with Crippen LogP contribution in [0.3, 0.4) is 0 Å². The molecule has 49 heavy (non-hydrogen) atoms. The van der Waals surface area contributed by atoms with Crippen molar-refractivity contribution in [2.75, 3.05) is 27.2 Å². The Bertz CT molecular complexity index is 1580. The maximum atomic E-state index is 12.8. The van der Waals surface area contributed by atoms with Crippen LogP contribution in [0.4, 0.5) is 0 Å². The standard InChI is InChI=1S/C20H29N3O4.C18H21NO3/c1-3-13(2)17(20(26)27)22-18(24)16-10-7-11-23(16)19(25)15(21)12-14-8-5-4-6-9-14;1-19-8-7-18-11-4-5-13(20)17(18)22-16-14(21-2)6-3-10(15(16)18)9-12(11)19/h4-6,8-9,13,15-17H,3,7,10-12,21H2,1-2H3,(H,22,24)(H,26,27);3,6,11-12,17H,4-5,7-9H2,1-2H3/t13-,15-,16-,17-;11-,12+,17-,18-/m00/s1. The number of Topliss-reactive ketones (excluding diaryl/α,β-unsaturated/α-hetero) is 1. The van der Waals surface area contributed by atoms with Gasteiger partial charge in [0.1, 0.15) is 12.1 Å². The van der Waals surface area contributed by atoms with Gasteiger partial charge in [-0.25, -0.2) is 4.79 Å². The normalized spacial score (nSPS) is 28.3. The third kappa shape index (κ3) is 6.20. The van der Waals surface area contributed by atoms with Crippen LogP contribution in [-0.2, 0) is 37.4 Å². The Kier molecular flexibility index (Phi) is 10.0. The van der Waals surface area contributed by atoms with Crippen molar-refractivity contribution in [2.45, 2.75) is 101 Å². The number of benzene rings is 2. The van der Waals surface area contributed by atoms with E-state index in [9.17, 15) is 24.3 Å². The average molecular weight is 675 g/mol. The average Bonchev–Trinajstić information content (AvgIpc) is 3.73. The summed E-state index contributed by atoms with van der Waals surface area (Å²) in [5, 5.41) is 12.0. The minimum absolute atomic E-state index is 0.0933. The largest absolute Gasteiger partial charge is 0.493 e. The molecule has 2 bridgehead atoms. The molecule has 3 aliphatic heterocycles. The molecular formula is C38H50N4O7. The molecule has 2 amide bonds. The lowest BCUT2D eigenvalue weighted by Crippen LogP contribution is -2.65. The number of nitrogens with one attached hydrogen (secondary N) is 1. The number of methoxy groups -OCH3 is 1. The fourth-order valence-electron chi connectivity index (χ4n) is 9.07. The van der Waals surface area contributed by atoms with E-state index >= 15 is 0 Å². The van der Waals surface area contributed by atoms with Crippen LogP contribution in [0.25, 0.3) is 0 Å². The smallest absolute Gasteiger partial charge is 0.326 e. The van der Waals surface area contributed by atoms with Crippen LogP contribution < -0.4 is 20.5 Å². The first-order valence-corrected chi connectivity index (χ1v) is 17.7. The number of likely N-dealkylation sites (N-methyl/N-ethyl adjacent to an activating group) is 1. The molecule has 2 aromatic rings. The first-order valence-electron chi connectivity index (χ1n) is 17.7. The van der Waals surface area contributed by atoms with Gasteiger partial charge in [-0.3, -0.25) is 14.4 Å². The molecule has 4 N–H and O–H groups in total. The first kappa shape index (κ1) is 34.9. The summed E-state index contributed by atoms with van der Waals surface area (Å²) in [6.07, 6.45) is 5.71. The highest BCUT2D eigenvalue weighted by molar-refractivity contribution is 5.92. The molecule has 2 saturated heterocycles. The number of carbonyl (C=O) groups excluding carboxylic acids is 3. The summed E-state index contributed by atoms with van der Waals surface area (Å²) in [5.41, 5.74) is 9.63. The van der Waals surface area contributed by atoms with Crippen molar-refractivity contribution in [2.24, 2.45) is 17.6 Å². The number of carboxylic acids is 1. The quantitative estimate of drug-likeness (QED) is 0.365. The van der Waals surface area contributed by atoms with Crippen molar-refractivity contribution in [3.05, 3.63) is 59.2 Å². The number of rotatable bonds is 9. The Morgan fingerprint density at radius 1 is 1.14 bits per heavy atom. The van der Waals surface area contributed by atoms with Crippen LogP contribution >= 0.6 is 0 Å². The maximum Gasteiger partial charge on any atom is 0.326 e. The third-order valence-corrected chi connectivity index (χ3v) is 11.8. The van der Waals surface area contributed by atoms with Gasteiger partial charge in [0.2, 0.25) is 11.8 Å². The molecule has 0 radical (unpaired) electrons. The fourth-order valence-corrected chi connectivity index (χ4v) is 9.07. The summed E-state index contributed by atoms with van der Waals surface area (Å²) in [5.74, 6) is 0.513. The number of amides is 2. The third-order valence-electron chi connectivity index (χ3n) is 11.8. The second kappa shape index (κ2) is 14.1. The van der Waals surface area contributed by atoms with Crippen molar-refractivity contribution >= 4 is 23.6 Å². The van der Waals surface area contributed by atoms with Gasteiger partial charge in [0.25, 0.3) is 0 Å². The van der Waals surface area contributed by atoms with Gasteiger partial charge >= 0.3 is 5.97 Å². The Morgan fingerprint density at radius 3 is 2.59 bits per heavy atom. The molecule has 5 aliphatic rings. The monoisotopic (exact) mass is 674 g/mol. The number of ketones is 1. The Labute approximate surface area is 288 Å². The highest BCUT2D eigenvalue weighted by Gasteiger charge is 2.65. The van der Waals surface area contributed by atoms with Crippen LogP contribution in [0.1, 0.15) is 69.1 Å². The minimum atomic E-state index is -1.06. The van der Waals surface area contributed by atoms with Crippen LogP contribution in [-0.4, -0.2) is 96.0 Å². The van der Waals surface area contributed by atoms with Gasteiger partial charge in [-0.15, -0.1) is 0 Å². The Balaban J connectivity index is 0.000000172. The summed E-state index contributed by atoms with van der Waals surface area (Å²) >= 11 is 0. The lowest BCUT2D eigenvalue weighted by Gasteiger charge is -2.57. The zero-order chi connectivity index (χ0) is 35.0. The predicted molar refractivity (Wildman–Crippen MR) is 183 cm³/mol. The minimum Gasteiger partial charge on any atom is -0.493 e. The van der Waals surface area contributed by atoms with E-state index < -0.39 is 30.0 Å². The van der Waals surface area contributed by atoms with Crippen molar-refractivity contribution in [3.8, 4) is 11.5 Å². The van der Waals surface area contributed by atoms with Crippen molar-refractivity contribution in [1.82, 2.24) is 15.1 Å².